The maximum atomic E-state index is 13.6. The number of aromatic nitrogens is 2. The Kier molecular flexibility index (Phi) is 7.09. The van der Waals surface area contributed by atoms with E-state index in [1.807, 2.05) is 0 Å². The van der Waals surface area contributed by atoms with Crippen molar-refractivity contribution in [2.24, 2.45) is 11.3 Å². The number of pyridine rings is 2. The highest BCUT2D eigenvalue weighted by Gasteiger charge is 2.37. The zero-order valence-corrected chi connectivity index (χ0v) is 22.4. The van der Waals surface area contributed by atoms with Gasteiger partial charge in [0.15, 0.2) is 5.78 Å². The minimum Gasteiger partial charge on any atom is -0.348 e. The normalized spacial score (nSPS) is 16.2. The van der Waals surface area contributed by atoms with E-state index >= 15 is 0 Å². The van der Waals surface area contributed by atoms with Gasteiger partial charge in [0.05, 0.1) is 0 Å². The average Bonchev–Trinajstić information content (AvgIpc) is 3.71. The Morgan fingerprint density at radius 3 is 2.45 bits per heavy atom. The van der Waals surface area contributed by atoms with Crippen molar-refractivity contribution in [3.05, 3.63) is 74.7 Å². The maximum absolute atomic E-state index is 13.6. The van der Waals surface area contributed by atoms with Crippen molar-refractivity contribution >= 4 is 40.2 Å². The molecule has 0 radical (unpaired) electrons. The molecule has 0 atom stereocenters. The summed E-state index contributed by atoms with van der Waals surface area (Å²) in [5.74, 6) is -0.271. The van der Waals surface area contributed by atoms with Gasteiger partial charge in [0.1, 0.15) is 17.8 Å². The van der Waals surface area contributed by atoms with Gasteiger partial charge in [0.2, 0.25) is 5.91 Å². The first-order chi connectivity index (χ1) is 18.1. The molecule has 1 aliphatic heterocycles. The summed E-state index contributed by atoms with van der Waals surface area (Å²) in [5, 5.41) is 3.76. The van der Waals surface area contributed by atoms with Crippen molar-refractivity contribution in [3.63, 3.8) is 0 Å². The Morgan fingerprint density at radius 2 is 1.79 bits per heavy atom. The van der Waals surface area contributed by atoms with Crippen molar-refractivity contribution in [2.75, 3.05) is 13.1 Å². The Hall–Kier alpha value is -3.52. The van der Waals surface area contributed by atoms with E-state index in [-0.39, 0.29) is 41.4 Å². The summed E-state index contributed by atoms with van der Waals surface area (Å²) in [5.41, 5.74) is 0.744. The van der Waals surface area contributed by atoms with Crippen molar-refractivity contribution < 1.29 is 14.4 Å². The van der Waals surface area contributed by atoms with Crippen LogP contribution in [0.15, 0.2) is 47.4 Å². The number of hydrogen-bond donors (Lipinski definition) is 1. The highest BCUT2D eigenvalue weighted by atomic mass is 35.5. The molecule has 0 unspecified atom stereocenters. The van der Waals surface area contributed by atoms with Crippen molar-refractivity contribution in [3.8, 4) is 0 Å². The van der Waals surface area contributed by atoms with E-state index in [0.29, 0.717) is 41.4 Å². The number of carbonyl (C=O) groups excluding carboxylic acids is 3. The smallest absolute Gasteiger partial charge is 0.265 e. The lowest BCUT2D eigenvalue weighted by Crippen LogP contribution is -2.56. The van der Waals surface area contributed by atoms with E-state index in [0.717, 1.165) is 24.8 Å². The van der Waals surface area contributed by atoms with E-state index in [4.69, 9.17) is 11.6 Å². The fraction of sp³-hybridized carbons (Fsp3) is 0.414. The topological polar surface area (TPSA) is 101 Å². The van der Waals surface area contributed by atoms with Crippen molar-refractivity contribution in [1.29, 1.82) is 0 Å². The Labute approximate surface area is 226 Å². The molecule has 5 rings (SSSR count). The third-order valence-corrected chi connectivity index (χ3v) is 7.51. The van der Waals surface area contributed by atoms with Gasteiger partial charge >= 0.3 is 0 Å². The zero-order valence-electron chi connectivity index (χ0n) is 21.6. The summed E-state index contributed by atoms with van der Waals surface area (Å²) in [4.78, 5) is 59.1. The highest BCUT2D eigenvalue weighted by Crippen LogP contribution is 2.34. The molecule has 1 saturated carbocycles. The average molecular weight is 535 g/mol. The van der Waals surface area contributed by atoms with Crippen LogP contribution in [0.4, 0.5) is 0 Å². The fourth-order valence-corrected chi connectivity index (χ4v) is 5.10. The number of fused-ring (bicyclic) bond motifs is 1. The SMILES string of the molecule is CC1(C)CN(C(=O)Cn2c(=O)c(C(=O)NCc3ccc(Cl)cc3)cc3c(C(=O)CCC4CC4)ccnc32)C1. The molecule has 9 heteroatoms. The Bertz CT molecular complexity index is 1470. The molecule has 8 nitrogen and oxygen atoms in total. The molecule has 3 aromatic rings. The summed E-state index contributed by atoms with van der Waals surface area (Å²) < 4.78 is 1.23. The summed E-state index contributed by atoms with van der Waals surface area (Å²) in [7, 11) is 0. The number of amides is 2. The van der Waals surface area contributed by atoms with Gasteiger partial charge in [-0.25, -0.2) is 4.98 Å². The van der Waals surface area contributed by atoms with Crippen LogP contribution in [0.5, 0.6) is 0 Å². The largest absolute Gasteiger partial charge is 0.348 e. The second kappa shape index (κ2) is 10.3. The fourth-order valence-electron chi connectivity index (χ4n) is 4.97. The molecule has 0 bridgehead atoms. The van der Waals surface area contributed by atoms with Crippen LogP contribution in [0.25, 0.3) is 11.0 Å². The molecule has 198 valence electrons. The van der Waals surface area contributed by atoms with Crippen LogP contribution in [0, 0.1) is 11.3 Å². The Balaban J connectivity index is 1.50. The van der Waals surface area contributed by atoms with Gasteiger partial charge in [-0.05, 0) is 47.6 Å². The predicted molar refractivity (Wildman–Crippen MR) is 145 cm³/mol. The van der Waals surface area contributed by atoms with E-state index in [2.05, 4.69) is 24.1 Å². The van der Waals surface area contributed by atoms with Crippen LogP contribution in [0.3, 0.4) is 0 Å². The number of nitrogens with one attached hydrogen (secondary N) is 1. The minimum atomic E-state index is -0.616. The summed E-state index contributed by atoms with van der Waals surface area (Å²) in [6, 6.07) is 10.1. The van der Waals surface area contributed by atoms with Gasteiger partial charge in [0.25, 0.3) is 11.5 Å². The lowest BCUT2D eigenvalue weighted by molar-refractivity contribution is -0.142. The van der Waals surface area contributed by atoms with E-state index in [9.17, 15) is 19.2 Å². The molecular weight excluding hydrogens is 504 g/mol. The lowest BCUT2D eigenvalue weighted by atomic mass is 9.84. The number of benzene rings is 1. The number of rotatable bonds is 9. The molecule has 38 heavy (non-hydrogen) atoms. The molecule has 1 aliphatic carbocycles. The Morgan fingerprint density at radius 1 is 1.08 bits per heavy atom. The number of nitrogens with zero attached hydrogens (tertiary/aromatic N) is 3. The second-order valence-electron chi connectivity index (χ2n) is 11.2. The van der Waals surface area contributed by atoms with Gasteiger partial charge < -0.3 is 10.2 Å². The summed E-state index contributed by atoms with van der Waals surface area (Å²) >= 11 is 5.95. The van der Waals surface area contributed by atoms with Crippen LogP contribution in [0.1, 0.15) is 65.8 Å². The molecule has 2 amide bonds. The van der Waals surface area contributed by atoms with Crippen molar-refractivity contribution in [2.45, 2.75) is 52.6 Å². The number of likely N-dealkylation sites (tertiary alicyclic amines) is 1. The first-order valence-corrected chi connectivity index (χ1v) is 13.4. The molecule has 2 fully saturated rings. The van der Waals surface area contributed by atoms with Crippen LogP contribution >= 0.6 is 11.6 Å². The quantitative estimate of drug-likeness (QED) is 0.414. The van der Waals surface area contributed by atoms with Crippen LogP contribution < -0.4 is 10.9 Å². The first-order valence-electron chi connectivity index (χ1n) is 13.0. The molecule has 0 spiro atoms. The lowest BCUT2D eigenvalue weighted by Gasteiger charge is -2.45. The van der Waals surface area contributed by atoms with Crippen LogP contribution in [-0.4, -0.2) is 45.1 Å². The maximum Gasteiger partial charge on any atom is 0.265 e. The summed E-state index contributed by atoms with van der Waals surface area (Å²) in [6.45, 7) is 5.28. The third kappa shape index (κ3) is 5.65. The standard InChI is InChI=1S/C29H31ClN4O4/c1-29(2)16-33(17-29)25(36)15-34-26-22(21(11-12-31-26)24(35)10-7-18-3-4-18)13-23(28(34)38)27(37)32-14-19-5-8-20(30)9-6-19/h5-6,8-9,11-13,18H,3-4,7,10,14-17H2,1-2H3,(H,32,37). The molecule has 2 aliphatic rings. The monoisotopic (exact) mass is 534 g/mol. The van der Waals surface area contributed by atoms with Crippen LogP contribution in [0.2, 0.25) is 5.02 Å². The number of halogens is 1. The molecule has 3 heterocycles. The van der Waals surface area contributed by atoms with Gasteiger partial charge in [-0.2, -0.15) is 0 Å². The van der Waals surface area contributed by atoms with Crippen molar-refractivity contribution in [1.82, 2.24) is 19.8 Å². The zero-order chi connectivity index (χ0) is 27.0. The molecule has 2 aromatic heterocycles. The number of hydrogen-bond acceptors (Lipinski definition) is 5. The van der Waals surface area contributed by atoms with Gasteiger partial charge in [0, 0.05) is 48.2 Å². The molecular formula is C29H31ClN4O4. The van der Waals surface area contributed by atoms with Crippen LogP contribution in [-0.2, 0) is 17.9 Å². The van der Waals surface area contributed by atoms with E-state index in [1.54, 1.807) is 35.2 Å². The third-order valence-electron chi connectivity index (χ3n) is 7.26. The second-order valence-corrected chi connectivity index (χ2v) is 11.6. The van der Waals surface area contributed by atoms with E-state index < -0.39 is 11.5 Å². The first kappa shape index (κ1) is 26.1. The minimum absolute atomic E-state index is 0.0332. The highest BCUT2D eigenvalue weighted by molar-refractivity contribution is 6.30. The predicted octanol–water partition coefficient (Wildman–Crippen LogP) is 4.22. The summed E-state index contributed by atoms with van der Waals surface area (Å²) in [6.07, 6.45) is 5.00. The number of Topliss-reactive ketones (excluding diaryl/α,β-unsaturated/α-hetero) is 1. The molecule has 1 aromatic carbocycles. The van der Waals surface area contributed by atoms with Gasteiger partial charge in [-0.1, -0.05) is 50.4 Å². The molecule has 1 N–H and O–H groups in total. The number of ketones is 1. The van der Waals surface area contributed by atoms with Gasteiger partial charge in [-0.15, -0.1) is 0 Å². The molecule has 1 saturated heterocycles. The van der Waals surface area contributed by atoms with E-state index in [1.165, 1.54) is 16.8 Å². The number of carbonyl (C=O) groups is 3. The van der Waals surface area contributed by atoms with Gasteiger partial charge in [-0.3, -0.25) is 23.7 Å².